The third kappa shape index (κ3) is 3.49. The summed E-state index contributed by atoms with van der Waals surface area (Å²) >= 11 is 0. The maximum atomic E-state index is 5.67. The van der Waals surface area contributed by atoms with Gasteiger partial charge in [-0.05, 0) is 23.3 Å². The van der Waals surface area contributed by atoms with Gasteiger partial charge in [0.1, 0.15) is 5.82 Å². The van der Waals surface area contributed by atoms with Gasteiger partial charge in [-0.15, -0.1) is 0 Å². The predicted molar refractivity (Wildman–Crippen MR) is 85.4 cm³/mol. The average molecular weight is 278 g/mol. The van der Waals surface area contributed by atoms with Crippen molar-refractivity contribution in [3.8, 4) is 11.3 Å². The van der Waals surface area contributed by atoms with Crippen LogP contribution < -0.4 is 11.1 Å². The molecule has 2 aromatic carbocycles. The fraction of sp³-hybridized carbons (Fsp3) is 0.118. The summed E-state index contributed by atoms with van der Waals surface area (Å²) in [5.74, 6) is 0.935. The average Bonchev–Trinajstić information content (AvgIpc) is 2.99. The molecule has 106 valence electrons. The molecule has 0 unspecified atom stereocenters. The summed E-state index contributed by atoms with van der Waals surface area (Å²) in [6, 6.07) is 18.1. The molecule has 0 atom stereocenters. The number of aromatic nitrogens is 2. The highest BCUT2D eigenvalue weighted by molar-refractivity contribution is 5.57. The second-order valence-electron chi connectivity index (χ2n) is 4.95. The molecule has 3 aromatic rings. The molecule has 3 rings (SSSR count). The minimum atomic E-state index is 0.706. The first-order valence-corrected chi connectivity index (χ1v) is 6.96. The monoisotopic (exact) mass is 278 g/mol. The van der Waals surface area contributed by atoms with Crippen LogP contribution in [0.5, 0.6) is 0 Å². The smallest absolute Gasteiger partial charge is 0.120 e. The number of hydrogen-bond donors (Lipinski definition) is 3. The molecule has 0 radical (unpaired) electrons. The fourth-order valence-corrected chi connectivity index (χ4v) is 2.18. The van der Waals surface area contributed by atoms with E-state index < -0.39 is 0 Å². The van der Waals surface area contributed by atoms with Crippen LogP contribution in [0.1, 0.15) is 11.4 Å². The second kappa shape index (κ2) is 6.24. The number of anilines is 1. The molecule has 0 fully saturated rings. The molecule has 1 aromatic heterocycles. The molecule has 4 heteroatoms. The lowest BCUT2D eigenvalue weighted by Gasteiger charge is -2.03. The third-order valence-electron chi connectivity index (χ3n) is 3.31. The highest BCUT2D eigenvalue weighted by Gasteiger charge is 2.02. The van der Waals surface area contributed by atoms with Crippen molar-refractivity contribution < 1.29 is 0 Å². The van der Waals surface area contributed by atoms with Crippen LogP contribution in [0.25, 0.3) is 11.3 Å². The molecule has 0 amide bonds. The van der Waals surface area contributed by atoms with Gasteiger partial charge in [0.25, 0.3) is 0 Å². The maximum Gasteiger partial charge on any atom is 0.120 e. The summed E-state index contributed by atoms with van der Waals surface area (Å²) in [5, 5.41) is 3.37. The van der Waals surface area contributed by atoms with Crippen LogP contribution in [0.2, 0.25) is 0 Å². The number of nitrogens with two attached hydrogens (primary N) is 1. The number of hydrogen-bond acceptors (Lipinski definition) is 3. The second-order valence-corrected chi connectivity index (χ2v) is 4.95. The first-order valence-electron chi connectivity index (χ1n) is 6.96. The normalized spacial score (nSPS) is 10.7. The lowest BCUT2D eigenvalue weighted by atomic mass is 10.2. The molecule has 0 bridgehead atoms. The van der Waals surface area contributed by atoms with Crippen LogP contribution >= 0.6 is 0 Å². The topological polar surface area (TPSA) is 66.7 Å². The van der Waals surface area contributed by atoms with E-state index in [0.717, 1.165) is 29.3 Å². The number of rotatable bonds is 5. The molecule has 0 aliphatic carbocycles. The molecule has 4 N–H and O–H groups in total. The van der Waals surface area contributed by atoms with Crippen LogP contribution in [-0.4, -0.2) is 9.97 Å². The van der Waals surface area contributed by atoms with E-state index in [4.69, 9.17) is 5.73 Å². The van der Waals surface area contributed by atoms with Gasteiger partial charge < -0.3 is 16.0 Å². The van der Waals surface area contributed by atoms with E-state index in [2.05, 4.69) is 27.4 Å². The van der Waals surface area contributed by atoms with Crippen LogP contribution in [0.4, 0.5) is 5.69 Å². The molecular weight excluding hydrogens is 260 g/mol. The standard InChI is InChI=1S/C17H18N4/c18-15-8-6-13(7-9-15)10-19-12-17-20-11-16(21-17)14-4-2-1-3-5-14/h1-9,11,19H,10,12,18H2,(H,20,21). The van der Waals surface area contributed by atoms with Crippen molar-refractivity contribution >= 4 is 5.69 Å². The van der Waals surface area contributed by atoms with Crippen LogP contribution in [0.3, 0.4) is 0 Å². The number of aromatic amines is 1. The van der Waals surface area contributed by atoms with Gasteiger partial charge in [-0.2, -0.15) is 0 Å². The molecule has 21 heavy (non-hydrogen) atoms. The van der Waals surface area contributed by atoms with Crippen molar-refractivity contribution in [1.82, 2.24) is 15.3 Å². The van der Waals surface area contributed by atoms with E-state index in [9.17, 15) is 0 Å². The zero-order valence-corrected chi connectivity index (χ0v) is 11.7. The van der Waals surface area contributed by atoms with Crippen molar-refractivity contribution in [1.29, 1.82) is 0 Å². The van der Waals surface area contributed by atoms with Crippen LogP contribution in [0.15, 0.2) is 60.8 Å². The molecule has 1 heterocycles. The Morgan fingerprint density at radius 3 is 2.48 bits per heavy atom. The van der Waals surface area contributed by atoms with E-state index in [-0.39, 0.29) is 0 Å². The number of benzene rings is 2. The molecular formula is C17H18N4. The molecule has 0 aliphatic heterocycles. The lowest BCUT2D eigenvalue weighted by molar-refractivity contribution is 0.669. The third-order valence-corrected chi connectivity index (χ3v) is 3.31. The van der Waals surface area contributed by atoms with Crippen molar-refractivity contribution in [2.75, 3.05) is 5.73 Å². The minimum Gasteiger partial charge on any atom is -0.399 e. The Balaban J connectivity index is 1.57. The van der Waals surface area contributed by atoms with Gasteiger partial charge in [0.2, 0.25) is 0 Å². The number of H-pyrrole nitrogens is 1. The summed E-state index contributed by atoms with van der Waals surface area (Å²) in [6.07, 6.45) is 1.87. The number of nitrogens with one attached hydrogen (secondary N) is 2. The Hall–Kier alpha value is -2.59. The van der Waals surface area contributed by atoms with E-state index in [1.54, 1.807) is 0 Å². The van der Waals surface area contributed by atoms with E-state index >= 15 is 0 Å². The SMILES string of the molecule is Nc1ccc(CNCc2ncc(-c3ccccc3)[nH]2)cc1. The fourth-order valence-electron chi connectivity index (χ4n) is 2.18. The predicted octanol–water partition coefficient (Wildman–Crippen LogP) is 2.95. The molecule has 0 saturated heterocycles. The maximum absolute atomic E-state index is 5.67. The van der Waals surface area contributed by atoms with E-state index in [1.165, 1.54) is 5.56 Å². The number of nitrogens with zero attached hydrogens (tertiary/aromatic N) is 1. The highest BCUT2D eigenvalue weighted by Crippen LogP contribution is 2.15. The summed E-state index contributed by atoms with van der Waals surface area (Å²) in [6.45, 7) is 1.50. The van der Waals surface area contributed by atoms with Crippen molar-refractivity contribution in [2.45, 2.75) is 13.1 Å². The number of nitrogen functional groups attached to an aromatic ring is 1. The summed E-state index contributed by atoms with van der Waals surface area (Å²) < 4.78 is 0. The minimum absolute atomic E-state index is 0.706. The zero-order chi connectivity index (χ0) is 14.5. The van der Waals surface area contributed by atoms with Gasteiger partial charge in [0, 0.05) is 12.2 Å². The van der Waals surface area contributed by atoms with Gasteiger partial charge in [-0.1, -0.05) is 42.5 Å². The first kappa shape index (κ1) is 13.4. The highest BCUT2D eigenvalue weighted by atomic mass is 15.0. The quantitative estimate of drug-likeness (QED) is 0.629. The Morgan fingerprint density at radius 1 is 0.952 bits per heavy atom. The van der Waals surface area contributed by atoms with Crippen molar-refractivity contribution in [3.05, 3.63) is 72.2 Å². The Bertz CT molecular complexity index is 686. The largest absolute Gasteiger partial charge is 0.399 e. The Labute approximate surface area is 124 Å². The summed E-state index contributed by atoms with van der Waals surface area (Å²) in [5.41, 5.74) is 9.86. The van der Waals surface area contributed by atoms with E-state index in [0.29, 0.717) is 6.54 Å². The first-order chi connectivity index (χ1) is 10.3. The Kier molecular flexibility index (Phi) is 3.98. The molecule has 0 aliphatic rings. The van der Waals surface area contributed by atoms with Crippen molar-refractivity contribution in [3.63, 3.8) is 0 Å². The van der Waals surface area contributed by atoms with Gasteiger partial charge in [0.05, 0.1) is 18.4 Å². The summed E-state index contributed by atoms with van der Waals surface area (Å²) in [4.78, 5) is 7.73. The van der Waals surface area contributed by atoms with Gasteiger partial charge in [-0.3, -0.25) is 0 Å². The van der Waals surface area contributed by atoms with E-state index in [1.807, 2.05) is 48.7 Å². The van der Waals surface area contributed by atoms with Crippen LogP contribution in [0, 0.1) is 0 Å². The van der Waals surface area contributed by atoms with Gasteiger partial charge in [-0.25, -0.2) is 4.98 Å². The summed E-state index contributed by atoms with van der Waals surface area (Å²) in [7, 11) is 0. The zero-order valence-electron chi connectivity index (χ0n) is 11.7. The van der Waals surface area contributed by atoms with Gasteiger partial charge in [0.15, 0.2) is 0 Å². The van der Waals surface area contributed by atoms with Crippen LogP contribution in [-0.2, 0) is 13.1 Å². The lowest BCUT2D eigenvalue weighted by Crippen LogP contribution is -2.13. The van der Waals surface area contributed by atoms with Crippen molar-refractivity contribution in [2.24, 2.45) is 0 Å². The Morgan fingerprint density at radius 2 is 1.71 bits per heavy atom. The molecule has 4 nitrogen and oxygen atoms in total. The molecule has 0 saturated carbocycles. The number of imidazole rings is 1. The van der Waals surface area contributed by atoms with Gasteiger partial charge >= 0.3 is 0 Å². The molecule has 0 spiro atoms.